The Balaban J connectivity index is 1.37. The van der Waals surface area contributed by atoms with Crippen molar-refractivity contribution in [3.63, 3.8) is 0 Å². The maximum atomic E-state index is 12.6. The Bertz CT molecular complexity index is 1390. The normalized spacial score (nSPS) is 10.9. The van der Waals surface area contributed by atoms with Gasteiger partial charge in [0.2, 0.25) is 5.91 Å². The number of rotatable bonds is 10. The molecule has 0 fully saturated rings. The SMILES string of the molecule is C=CCn1c(COc2cc(C)ccc2C)nnc1SCC(=O)Nc1nc(-c2ccc(C)c(C)c2)cs1. The van der Waals surface area contributed by atoms with Crippen molar-refractivity contribution in [1.29, 1.82) is 0 Å². The van der Waals surface area contributed by atoms with Gasteiger partial charge in [-0.05, 0) is 62.1 Å². The number of allylic oxidation sites excluding steroid dienone is 1. The zero-order valence-corrected chi connectivity index (χ0v) is 22.5. The lowest BCUT2D eigenvalue weighted by Gasteiger charge is -2.11. The number of anilines is 1. The fourth-order valence-corrected chi connectivity index (χ4v) is 5.00. The van der Waals surface area contributed by atoms with Gasteiger partial charge in [-0.3, -0.25) is 9.36 Å². The molecular weight excluding hydrogens is 490 g/mol. The van der Waals surface area contributed by atoms with E-state index in [4.69, 9.17) is 4.74 Å². The third-order valence-electron chi connectivity index (χ3n) is 5.69. The summed E-state index contributed by atoms with van der Waals surface area (Å²) in [5.74, 6) is 1.53. The van der Waals surface area contributed by atoms with Crippen LogP contribution in [-0.2, 0) is 17.9 Å². The molecule has 9 heteroatoms. The lowest BCUT2D eigenvalue weighted by atomic mass is 10.1. The van der Waals surface area contributed by atoms with Gasteiger partial charge < -0.3 is 10.1 Å². The minimum Gasteiger partial charge on any atom is -0.485 e. The molecule has 36 heavy (non-hydrogen) atoms. The molecule has 0 saturated heterocycles. The van der Waals surface area contributed by atoms with E-state index in [0.717, 1.165) is 28.1 Å². The molecule has 0 radical (unpaired) electrons. The van der Waals surface area contributed by atoms with Gasteiger partial charge in [0.15, 0.2) is 16.1 Å². The molecule has 0 saturated carbocycles. The molecule has 7 nitrogen and oxygen atoms in total. The monoisotopic (exact) mass is 519 g/mol. The van der Waals surface area contributed by atoms with Crippen molar-refractivity contribution in [3.8, 4) is 17.0 Å². The van der Waals surface area contributed by atoms with E-state index in [2.05, 4.69) is 59.1 Å². The van der Waals surface area contributed by atoms with E-state index in [0.29, 0.717) is 22.7 Å². The molecule has 4 aromatic rings. The summed E-state index contributed by atoms with van der Waals surface area (Å²) in [6, 6.07) is 12.3. The van der Waals surface area contributed by atoms with Crippen LogP contribution in [0.15, 0.2) is 59.6 Å². The maximum Gasteiger partial charge on any atom is 0.236 e. The molecule has 0 aliphatic heterocycles. The summed E-state index contributed by atoms with van der Waals surface area (Å²) in [6.07, 6.45) is 1.78. The molecule has 4 rings (SSSR count). The highest BCUT2D eigenvalue weighted by Crippen LogP contribution is 2.27. The number of carbonyl (C=O) groups is 1. The first kappa shape index (κ1) is 25.7. The number of nitrogens with one attached hydrogen (secondary N) is 1. The summed E-state index contributed by atoms with van der Waals surface area (Å²) in [7, 11) is 0. The molecule has 0 bridgehead atoms. The average molecular weight is 520 g/mol. The number of amides is 1. The van der Waals surface area contributed by atoms with Crippen molar-refractivity contribution in [3.05, 3.63) is 82.5 Å². The van der Waals surface area contributed by atoms with Gasteiger partial charge in [-0.1, -0.05) is 42.1 Å². The third-order valence-corrected chi connectivity index (χ3v) is 7.42. The van der Waals surface area contributed by atoms with Crippen molar-refractivity contribution in [2.24, 2.45) is 0 Å². The highest BCUT2D eigenvalue weighted by molar-refractivity contribution is 7.99. The van der Waals surface area contributed by atoms with Crippen LogP contribution in [-0.4, -0.2) is 31.4 Å². The van der Waals surface area contributed by atoms with E-state index >= 15 is 0 Å². The number of ether oxygens (including phenoxy) is 1. The predicted octanol–water partition coefficient (Wildman–Crippen LogP) is 6.13. The second kappa shape index (κ2) is 11.5. The van der Waals surface area contributed by atoms with Crippen LogP contribution in [0.1, 0.15) is 28.1 Å². The molecule has 2 heterocycles. The van der Waals surface area contributed by atoms with Crippen LogP contribution in [0.25, 0.3) is 11.3 Å². The number of hydrogen-bond donors (Lipinski definition) is 1. The fraction of sp³-hybridized carbons (Fsp3) is 0.259. The Morgan fingerprint density at radius 3 is 2.69 bits per heavy atom. The van der Waals surface area contributed by atoms with Crippen LogP contribution >= 0.6 is 23.1 Å². The molecule has 1 N–H and O–H groups in total. The minimum atomic E-state index is -0.151. The quantitative estimate of drug-likeness (QED) is 0.200. The smallest absolute Gasteiger partial charge is 0.236 e. The standard InChI is InChI=1S/C27H29N5O2S2/c1-6-11-32-24(14-34-23-12-17(2)7-8-19(23)4)30-31-27(32)36-16-25(33)29-26-28-22(15-35-26)21-10-9-18(3)20(5)13-21/h6-10,12-13,15H,1,11,14,16H2,2-5H3,(H,28,29,33). The zero-order chi connectivity index (χ0) is 25.7. The number of thioether (sulfide) groups is 1. The molecule has 186 valence electrons. The maximum absolute atomic E-state index is 12.6. The van der Waals surface area contributed by atoms with Crippen LogP contribution in [0.5, 0.6) is 5.75 Å². The van der Waals surface area contributed by atoms with Crippen molar-refractivity contribution < 1.29 is 9.53 Å². The lowest BCUT2D eigenvalue weighted by Crippen LogP contribution is -2.15. The Kier molecular flexibility index (Phi) is 8.22. The summed E-state index contributed by atoms with van der Waals surface area (Å²) in [6.45, 7) is 12.8. The predicted molar refractivity (Wildman–Crippen MR) is 147 cm³/mol. The van der Waals surface area contributed by atoms with E-state index in [1.807, 2.05) is 42.0 Å². The molecule has 2 aromatic heterocycles. The van der Waals surface area contributed by atoms with Gasteiger partial charge in [-0.2, -0.15) is 0 Å². The van der Waals surface area contributed by atoms with Crippen LogP contribution < -0.4 is 10.1 Å². The topological polar surface area (TPSA) is 81.9 Å². The van der Waals surface area contributed by atoms with Crippen LogP contribution in [0.4, 0.5) is 5.13 Å². The van der Waals surface area contributed by atoms with E-state index in [1.165, 1.54) is 34.2 Å². The number of aromatic nitrogens is 4. The number of hydrogen-bond acceptors (Lipinski definition) is 7. The summed E-state index contributed by atoms with van der Waals surface area (Å²) >= 11 is 2.73. The van der Waals surface area contributed by atoms with Gasteiger partial charge in [-0.15, -0.1) is 28.1 Å². The number of benzene rings is 2. The van der Waals surface area contributed by atoms with Gasteiger partial charge in [0.25, 0.3) is 0 Å². The lowest BCUT2D eigenvalue weighted by molar-refractivity contribution is -0.113. The second-order valence-corrected chi connectivity index (χ2v) is 10.3. The molecular formula is C27H29N5O2S2. The number of carbonyl (C=O) groups excluding carboxylic acids is 1. The fourth-order valence-electron chi connectivity index (χ4n) is 3.50. The minimum absolute atomic E-state index is 0.151. The third kappa shape index (κ3) is 6.22. The zero-order valence-electron chi connectivity index (χ0n) is 20.9. The van der Waals surface area contributed by atoms with Crippen molar-refractivity contribution in [1.82, 2.24) is 19.7 Å². The number of nitrogens with zero attached hydrogens (tertiary/aromatic N) is 4. The molecule has 0 atom stereocenters. The number of thiazole rings is 1. The van der Waals surface area contributed by atoms with E-state index in [1.54, 1.807) is 6.08 Å². The van der Waals surface area contributed by atoms with Crippen LogP contribution in [0.3, 0.4) is 0 Å². The largest absolute Gasteiger partial charge is 0.485 e. The van der Waals surface area contributed by atoms with E-state index in [9.17, 15) is 4.79 Å². The Labute approximate surface area is 219 Å². The molecule has 0 aliphatic carbocycles. The first-order valence-electron chi connectivity index (χ1n) is 11.5. The van der Waals surface area contributed by atoms with Gasteiger partial charge in [-0.25, -0.2) is 4.98 Å². The highest BCUT2D eigenvalue weighted by Gasteiger charge is 2.16. The molecule has 0 spiro atoms. The van der Waals surface area contributed by atoms with E-state index in [-0.39, 0.29) is 18.3 Å². The summed E-state index contributed by atoms with van der Waals surface area (Å²) in [4.78, 5) is 17.2. The second-order valence-electron chi connectivity index (χ2n) is 8.53. The van der Waals surface area contributed by atoms with Gasteiger partial charge >= 0.3 is 0 Å². The van der Waals surface area contributed by atoms with Crippen LogP contribution in [0.2, 0.25) is 0 Å². The molecule has 1 amide bonds. The van der Waals surface area contributed by atoms with Crippen molar-refractivity contribution >= 4 is 34.1 Å². The summed E-state index contributed by atoms with van der Waals surface area (Å²) in [5.41, 5.74) is 6.53. The Morgan fingerprint density at radius 1 is 1.11 bits per heavy atom. The van der Waals surface area contributed by atoms with E-state index < -0.39 is 0 Å². The Morgan fingerprint density at radius 2 is 1.92 bits per heavy atom. The van der Waals surface area contributed by atoms with Gasteiger partial charge in [0, 0.05) is 17.5 Å². The summed E-state index contributed by atoms with van der Waals surface area (Å²) < 4.78 is 7.92. The Hall–Kier alpha value is -3.43. The molecule has 0 unspecified atom stereocenters. The average Bonchev–Trinajstić information content (AvgIpc) is 3.47. The first-order valence-corrected chi connectivity index (χ1v) is 13.4. The molecule has 0 aliphatic rings. The highest BCUT2D eigenvalue weighted by atomic mass is 32.2. The number of aryl methyl sites for hydroxylation is 4. The molecule has 2 aromatic carbocycles. The van der Waals surface area contributed by atoms with Crippen LogP contribution in [0, 0.1) is 27.7 Å². The first-order chi connectivity index (χ1) is 17.3. The van der Waals surface area contributed by atoms with Gasteiger partial charge in [0.05, 0.1) is 11.4 Å². The van der Waals surface area contributed by atoms with Gasteiger partial charge in [0.1, 0.15) is 12.4 Å². The van der Waals surface area contributed by atoms with Crippen molar-refractivity contribution in [2.45, 2.75) is 46.0 Å². The van der Waals surface area contributed by atoms with Crippen molar-refractivity contribution in [2.75, 3.05) is 11.1 Å². The summed E-state index contributed by atoms with van der Waals surface area (Å²) in [5, 5.41) is 14.6.